The number of carbonyl (C=O) groups is 2. The second-order valence-electron chi connectivity index (χ2n) is 6.73. The predicted molar refractivity (Wildman–Crippen MR) is 82.4 cm³/mol. The van der Waals surface area contributed by atoms with Crippen molar-refractivity contribution >= 4 is 17.6 Å². The average Bonchev–Trinajstić information content (AvgIpc) is 3.17. The van der Waals surface area contributed by atoms with Crippen LogP contribution in [0.15, 0.2) is 36.4 Å². The molecule has 114 valence electrons. The molecule has 0 saturated heterocycles. The van der Waals surface area contributed by atoms with E-state index in [9.17, 15) is 14.7 Å². The zero-order valence-electron chi connectivity index (χ0n) is 12.5. The van der Waals surface area contributed by atoms with Gasteiger partial charge in [-0.05, 0) is 43.2 Å². The van der Waals surface area contributed by atoms with E-state index in [2.05, 4.69) is 6.07 Å². The fraction of sp³-hybridized carbons (Fsp3) is 0.444. The van der Waals surface area contributed by atoms with Crippen LogP contribution in [0.1, 0.15) is 18.9 Å². The number of anilines is 1. The molecule has 1 aromatic rings. The van der Waals surface area contributed by atoms with E-state index in [4.69, 9.17) is 0 Å². The molecule has 1 aromatic carbocycles. The predicted octanol–water partition coefficient (Wildman–Crippen LogP) is 2.49. The van der Waals surface area contributed by atoms with E-state index in [-0.39, 0.29) is 23.8 Å². The number of rotatable bonds is 2. The SMILES string of the molecule is CC1Cc2ccccc2N1C(=O)C1C2C=CC(C2)C1C(=O)O. The third kappa shape index (κ3) is 1.76. The van der Waals surface area contributed by atoms with Crippen molar-refractivity contribution in [3.63, 3.8) is 0 Å². The van der Waals surface area contributed by atoms with Crippen molar-refractivity contribution in [1.29, 1.82) is 0 Å². The van der Waals surface area contributed by atoms with Crippen LogP contribution in [0.3, 0.4) is 0 Å². The number of allylic oxidation sites excluding steroid dienone is 2. The summed E-state index contributed by atoms with van der Waals surface area (Å²) in [5.74, 6) is -1.73. The van der Waals surface area contributed by atoms with Gasteiger partial charge in [0.15, 0.2) is 0 Å². The molecule has 1 fully saturated rings. The summed E-state index contributed by atoms with van der Waals surface area (Å²) >= 11 is 0. The second-order valence-corrected chi connectivity index (χ2v) is 6.73. The maximum Gasteiger partial charge on any atom is 0.307 e. The summed E-state index contributed by atoms with van der Waals surface area (Å²) in [5.41, 5.74) is 2.13. The van der Waals surface area contributed by atoms with E-state index in [1.165, 1.54) is 5.56 Å². The third-order valence-corrected chi connectivity index (χ3v) is 5.47. The topological polar surface area (TPSA) is 57.6 Å². The summed E-state index contributed by atoms with van der Waals surface area (Å²) in [6, 6.07) is 8.04. The fourth-order valence-electron chi connectivity index (χ4n) is 4.56. The van der Waals surface area contributed by atoms with Gasteiger partial charge in [0.2, 0.25) is 5.91 Å². The van der Waals surface area contributed by atoms with Gasteiger partial charge < -0.3 is 10.0 Å². The molecular weight excluding hydrogens is 278 g/mol. The molecular formula is C18H19NO3. The molecule has 1 amide bonds. The molecule has 4 heteroatoms. The number of carboxylic acids is 1. The molecule has 5 atom stereocenters. The van der Waals surface area contributed by atoms with Crippen molar-refractivity contribution in [2.24, 2.45) is 23.7 Å². The molecule has 4 nitrogen and oxygen atoms in total. The third-order valence-electron chi connectivity index (χ3n) is 5.47. The first kappa shape index (κ1) is 13.6. The minimum Gasteiger partial charge on any atom is -0.481 e. The number of hydrogen-bond donors (Lipinski definition) is 1. The van der Waals surface area contributed by atoms with Crippen LogP contribution in [-0.4, -0.2) is 23.0 Å². The molecule has 5 unspecified atom stereocenters. The first-order valence-corrected chi connectivity index (χ1v) is 7.90. The quantitative estimate of drug-likeness (QED) is 0.853. The maximum absolute atomic E-state index is 13.2. The molecule has 1 aliphatic heterocycles. The van der Waals surface area contributed by atoms with Gasteiger partial charge in [-0.1, -0.05) is 30.4 Å². The van der Waals surface area contributed by atoms with Crippen LogP contribution in [0, 0.1) is 23.7 Å². The number of carbonyl (C=O) groups excluding carboxylic acids is 1. The Hall–Kier alpha value is -2.10. The molecule has 2 bridgehead atoms. The van der Waals surface area contributed by atoms with Gasteiger partial charge in [-0.3, -0.25) is 9.59 Å². The van der Waals surface area contributed by atoms with E-state index in [1.807, 2.05) is 42.2 Å². The molecule has 2 aliphatic carbocycles. The number of benzene rings is 1. The molecule has 1 heterocycles. The highest BCUT2D eigenvalue weighted by Gasteiger charge is 2.53. The Morgan fingerprint density at radius 3 is 2.55 bits per heavy atom. The van der Waals surface area contributed by atoms with Crippen molar-refractivity contribution in [3.05, 3.63) is 42.0 Å². The van der Waals surface area contributed by atoms with Crippen LogP contribution in [-0.2, 0) is 16.0 Å². The van der Waals surface area contributed by atoms with E-state index in [0.29, 0.717) is 0 Å². The summed E-state index contributed by atoms with van der Waals surface area (Å²) < 4.78 is 0. The Bertz CT molecular complexity index is 681. The van der Waals surface area contributed by atoms with E-state index in [1.54, 1.807) is 0 Å². The van der Waals surface area contributed by atoms with Crippen molar-refractivity contribution in [3.8, 4) is 0 Å². The lowest BCUT2D eigenvalue weighted by Crippen LogP contribution is -2.45. The maximum atomic E-state index is 13.2. The number of carboxylic acid groups (broad SMARTS) is 1. The lowest BCUT2D eigenvalue weighted by Gasteiger charge is -2.31. The number of para-hydroxylation sites is 1. The Morgan fingerprint density at radius 2 is 1.82 bits per heavy atom. The van der Waals surface area contributed by atoms with Gasteiger partial charge in [0.05, 0.1) is 11.8 Å². The largest absolute Gasteiger partial charge is 0.481 e. The van der Waals surface area contributed by atoms with Crippen LogP contribution in [0.5, 0.6) is 0 Å². The van der Waals surface area contributed by atoms with Gasteiger partial charge in [-0.25, -0.2) is 0 Å². The lowest BCUT2D eigenvalue weighted by molar-refractivity contribution is -0.147. The van der Waals surface area contributed by atoms with Gasteiger partial charge in [-0.15, -0.1) is 0 Å². The standard InChI is InChI=1S/C18H19NO3/c1-10-8-11-4-2-3-5-14(11)19(10)17(20)15-12-6-7-13(9-12)16(15)18(21)22/h2-7,10,12-13,15-16H,8-9H2,1H3,(H,21,22). The monoisotopic (exact) mass is 297 g/mol. The summed E-state index contributed by atoms with van der Waals surface area (Å²) in [6.45, 7) is 2.04. The van der Waals surface area contributed by atoms with Crippen molar-refractivity contribution in [1.82, 2.24) is 0 Å². The zero-order chi connectivity index (χ0) is 15.4. The summed E-state index contributed by atoms with van der Waals surface area (Å²) in [5, 5.41) is 9.55. The molecule has 1 saturated carbocycles. The van der Waals surface area contributed by atoms with Crippen LogP contribution >= 0.6 is 0 Å². The van der Waals surface area contributed by atoms with Crippen LogP contribution in [0.25, 0.3) is 0 Å². The van der Waals surface area contributed by atoms with Crippen LogP contribution < -0.4 is 4.90 Å². The van der Waals surface area contributed by atoms with Crippen LogP contribution in [0.2, 0.25) is 0 Å². The van der Waals surface area contributed by atoms with Gasteiger partial charge in [-0.2, -0.15) is 0 Å². The number of fused-ring (bicyclic) bond motifs is 3. The van der Waals surface area contributed by atoms with Gasteiger partial charge >= 0.3 is 5.97 Å². The zero-order valence-corrected chi connectivity index (χ0v) is 12.5. The highest BCUT2D eigenvalue weighted by molar-refractivity contribution is 6.00. The van der Waals surface area contributed by atoms with Crippen molar-refractivity contribution < 1.29 is 14.7 Å². The van der Waals surface area contributed by atoms with Gasteiger partial charge in [0, 0.05) is 11.7 Å². The molecule has 1 N–H and O–H groups in total. The molecule has 0 aromatic heterocycles. The molecule has 22 heavy (non-hydrogen) atoms. The highest BCUT2D eigenvalue weighted by atomic mass is 16.4. The Morgan fingerprint density at radius 1 is 1.14 bits per heavy atom. The number of amides is 1. The fourth-order valence-corrected chi connectivity index (χ4v) is 4.56. The summed E-state index contributed by atoms with van der Waals surface area (Å²) in [4.78, 5) is 26.6. The minimum atomic E-state index is -0.838. The Labute approximate surface area is 129 Å². The van der Waals surface area contributed by atoms with Gasteiger partial charge in [0.1, 0.15) is 0 Å². The molecule has 3 aliphatic rings. The van der Waals surface area contributed by atoms with E-state index >= 15 is 0 Å². The number of hydrogen-bond acceptors (Lipinski definition) is 2. The Balaban J connectivity index is 1.70. The molecule has 0 radical (unpaired) electrons. The lowest BCUT2D eigenvalue weighted by atomic mass is 9.82. The summed E-state index contributed by atoms with van der Waals surface area (Å²) in [7, 11) is 0. The van der Waals surface area contributed by atoms with Crippen molar-refractivity contribution in [2.75, 3.05) is 4.90 Å². The second kappa shape index (κ2) is 4.70. The van der Waals surface area contributed by atoms with Gasteiger partial charge in [0.25, 0.3) is 0 Å². The normalized spacial score (nSPS) is 35.0. The number of aliphatic carboxylic acids is 1. The summed E-state index contributed by atoms with van der Waals surface area (Å²) in [6.07, 6.45) is 5.67. The minimum absolute atomic E-state index is 0.0123. The molecule has 4 rings (SSSR count). The Kier molecular flexibility index (Phi) is 2.90. The average molecular weight is 297 g/mol. The van der Waals surface area contributed by atoms with E-state index in [0.717, 1.165) is 18.5 Å². The highest BCUT2D eigenvalue weighted by Crippen LogP contribution is 2.50. The smallest absolute Gasteiger partial charge is 0.307 e. The molecule has 0 spiro atoms. The van der Waals surface area contributed by atoms with Crippen LogP contribution in [0.4, 0.5) is 5.69 Å². The van der Waals surface area contributed by atoms with E-state index < -0.39 is 17.8 Å². The first-order chi connectivity index (χ1) is 10.6. The first-order valence-electron chi connectivity index (χ1n) is 7.90. The number of nitrogens with zero attached hydrogens (tertiary/aromatic N) is 1. The van der Waals surface area contributed by atoms with Crippen molar-refractivity contribution in [2.45, 2.75) is 25.8 Å².